The van der Waals surface area contributed by atoms with Gasteiger partial charge in [0.1, 0.15) is 11.4 Å². The number of ketones is 1. The first-order chi connectivity index (χ1) is 8.78. The van der Waals surface area contributed by atoms with Gasteiger partial charge in [0.15, 0.2) is 5.78 Å². The molecule has 0 amide bonds. The number of carbonyl (C=O) groups excluding carboxylic acids is 2. The van der Waals surface area contributed by atoms with E-state index < -0.39 is 11.8 Å². The van der Waals surface area contributed by atoms with Crippen molar-refractivity contribution >= 4 is 11.9 Å². The van der Waals surface area contributed by atoms with E-state index in [1.54, 1.807) is 39.0 Å². The Bertz CT molecular complexity index is 525. The molecule has 4 nitrogen and oxygen atoms in total. The Morgan fingerprint density at radius 2 is 2.00 bits per heavy atom. The summed E-state index contributed by atoms with van der Waals surface area (Å²) in [4.78, 5) is 23.6. The smallest absolute Gasteiger partial charge is 0.428 e. The Morgan fingerprint density at radius 1 is 1.32 bits per heavy atom. The van der Waals surface area contributed by atoms with Gasteiger partial charge in [0.2, 0.25) is 0 Å². The quantitative estimate of drug-likeness (QED) is 0.575. The van der Waals surface area contributed by atoms with Gasteiger partial charge in [-0.25, -0.2) is 4.79 Å². The lowest BCUT2D eigenvalue weighted by Gasteiger charge is -2.19. The monoisotopic (exact) mass is 262 g/mol. The van der Waals surface area contributed by atoms with Crippen LogP contribution >= 0.6 is 0 Å². The van der Waals surface area contributed by atoms with Crippen LogP contribution in [0, 0.1) is 5.92 Å². The third-order valence-electron chi connectivity index (χ3n) is 2.94. The van der Waals surface area contributed by atoms with E-state index >= 15 is 0 Å². The first-order valence-corrected chi connectivity index (χ1v) is 6.35. The molecule has 1 unspecified atom stereocenters. The summed E-state index contributed by atoms with van der Waals surface area (Å²) in [6.07, 6.45) is -0.138. The Balaban J connectivity index is 2.20. The Labute approximate surface area is 112 Å². The largest absolute Gasteiger partial charge is 0.514 e. The molecule has 0 spiro atoms. The molecule has 0 bridgehead atoms. The molecule has 2 rings (SSSR count). The van der Waals surface area contributed by atoms with Crippen molar-refractivity contribution in [3.63, 3.8) is 0 Å². The van der Waals surface area contributed by atoms with Crippen LogP contribution < -0.4 is 4.74 Å². The molecule has 0 heterocycles. The van der Waals surface area contributed by atoms with Crippen molar-refractivity contribution in [2.24, 2.45) is 5.92 Å². The summed E-state index contributed by atoms with van der Waals surface area (Å²) < 4.78 is 10.3. The molecule has 0 aromatic heterocycles. The maximum atomic E-state index is 11.9. The van der Waals surface area contributed by atoms with Gasteiger partial charge >= 0.3 is 6.16 Å². The lowest BCUT2D eigenvalue weighted by Crippen LogP contribution is -2.26. The second-order valence-corrected chi connectivity index (χ2v) is 5.82. The van der Waals surface area contributed by atoms with Crippen molar-refractivity contribution in [2.45, 2.75) is 39.7 Å². The van der Waals surface area contributed by atoms with Crippen molar-refractivity contribution in [3.8, 4) is 5.75 Å². The molecular weight excluding hydrogens is 244 g/mol. The summed E-state index contributed by atoms with van der Waals surface area (Å²) in [6, 6.07) is 5.17. The molecule has 0 fully saturated rings. The number of hydrogen-bond donors (Lipinski definition) is 0. The summed E-state index contributed by atoms with van der Waals surface area (Å²) in [7, 11) is 0. The summed E-state index contributed by atoms with van der Waals surface area (Å²) in [5.41, 5.74) is 0.845. The van der Waals surface area contributed by atoms with E-state index in [0.717, 1.165) is 5.56 Å². The number of Topliss-reactive ketones (excluding diaryl/α,β-unsaturated/α-hetero) is 1. The molecule has 0 radical (unpaired) electrons. The van der Waals surface area contributed by atoms with Crippen LogP contribution in [0.3, 0.4) is 0 Å². The standard InChI is InChI=1S/C15H18O4/c1-9-8-11-10(13(9)16)6-5-7-12(11)18-14(17)19-15(2,3)4/h5-7,9H,8H2,1-4H3. The van der Waals surface area contributed by atoms with Gasteiger partial charge in [0.25, 0.3) is 0 Å². The van der Waals surface area contributed by atoms with Crippen LogP contribution in [0.5, 0.6) is 5.75 Å². The van der Waals surface area contributed by atoms with E-state index in [-0.39, 0.29) is 11.7 Å². The van der Waals surface area contributed by atoms with Gasteiger partial charge < -0.3 is 9.47 Å². The van der Waals surface area contributed by atoms with E-state index in [1.807, 2.05) is 6.92 Å². The molecule has 1 atom stereocenters. The van der Waals surface area contributed by atoms with Gasteiger partial charge in [0.05, 0.1) is 0 Å². The van der Waals surface area contributed by atoms with Crippen LogP contribution in [0.15, 0.2) is 18.2 Å². The summed E-state index contributed by atoms with van der Waals surface area (Å²) in [5.74, 6) is 0.465. The second kappa shape index (κ2) is 4.68. The summed E-state index contributed by atoms with van der Waals surface area (Å²) in [6.45, 7) is 7.19. The second-order valence-electron chi connectivity index (χ2n) is 5.82. The van der Waals surface area contributed by atoms with Crippen LogP contribution in [0.25, 0.3) is 0 Å². The van der Waals surface area contributed by atoms with E-state index in [2.05, 4.69) is 0 Å². The molecule has 0 saturated carbocycles. The van der Waals surface area contributed by atoms with E-state index in [1.165, 1.54) is 0 Å². The normalized spacial score (nSPS) is 18.1. The minimum Gasteiger partial charge on any atom is -0.428 e. The van der Waals surface area contributed by atoms with Gasteiger partial charge in [-0.05, 0) is 33.3 Å². The van der Waals surface area contributed by atoms with Crippen molar-refractivity contribution in [1.29, 1.82) is 0 Å². The van der Waals surface area contributed by atoms with E-state index in [4.69, 9.17) is 9.47 Å². The van der Waals surface area contributed by atoms with Gasteiger partial charge in [0, 0.05) is 17.0 Å². The first-order valence-electron chi connectivity index (χ1n) is 6.35. The van der Waals surface area contributed by atoms with Crippen LogP contribution in [0.1, 0.15) is 43.6 Å². The highest BCUT2D eigenvalue weighted by Gasteiger charge is 2.30. The molecule has 1 aliphatic carbocycles. The van der Waals surface area contributed by atoms with Crippen LogP contribution in [0.4, 0.5) is 4.79 Å². The van der Waals surface area contributed by atoms with Gasteiger partial charge in [-0.3, -0.25) is 4.79 Å². The van der Waals surface area contributed by atoms with Gasteiger partial charge in [-0.1, -0.05) is 19.1 Å². The summed E-state index contributed by atoms with van der Waals surface area (Å²) >= 11 is 0. The molecule has 0 saturated heterocycles. The molecule has 0 aliphatic heterocycles. The number of hydrogen-bond acceptors (Lipinski definition) is 4. The van der Waals surface area contributed by atoms with Crippen LogP contribution in [0.2, 0.25) is 0 Å². The number of carbonyl (C=O) groups is 2. The zero-order chi connectivity index (χ0) is 14.2. The fourth-order valence-corrected chi connectivity index (χ4v) is 2.13. The lowest BCUT2D eigenvalue weighted by atomic mass is 10.1. The maximum absolute atomic E-state index is 11.9. The minimum atomic E-state index is -0.743. The number of rotatable bonds is 1. The van der Waals surface area contributed by atoms with Crippen molar-refractivity contribution in [1.82, 2.24) is 0 Å². The molecule has 0 N–H and O–H groups in total. The zero-order valence-corrected chi connectivity index (χ0v) is 11.6. The number of fused-ring (bicyclic) bond motifs is 1. The van der Waals surface area contributed by atoms with Gasteiger partial charge in [-0.2, -0.15) is 0 Å². The molecular formula is C15H18O4. The highest BCUT2D eigenvalue weighted by Crippen LogP contribution is 2.33. The zero-order valence-electron chi connectivity index (χ0n) is 11.6. The highest BCUT2D eigenvalue weighted by atomic mass is 16.7. The van der Waals surface area contributed by atoms with Crippen LogP contribution in [-0.4, -0.2) is 17.5 Å². The van der Waals surface area contributed by atoms with Gasteiger partial charge in [-0.15, -0.1) is 0 Å². The van der Waals surface area contributed by atoms with Crippen LogP contribution in [-0.2, 0) is 11.2 Å². The molecule has 1 aliphatic rings. The predicted octanol–water partition coefficient (Wildman–Crippen LogP) is 3.38. The van der Waals surface area contributed by atoms with Crippen molar-refractivity contribution in [2.75, 3.05) is 0 Å². The topological polar surface area (TPSA) is 52.6 Å². The molecule has 1 aromatic carbocycles. The third-order valence-corrected chi connectivity index (χ3v) is 2.94. The molecule has 102 valence electrons. The lowest BCUT2D eigenvalue weighted by molar-refractivity contribution is 0.0204. The predicted molar refractivity (Wildman–Crippen MR) is 70.5 cm³/mol. The van der Waals surface area contributed by atoms with Crippen molar-refractivity contribution in [3.05, 3.63) is 29.3 Å². The van der Waals surface area contributed by atoms with E-state index in [9.17, 15) is 9.59 Å². The minimum absolute atomic E-state index is 0.0570. The highest BCUT2D eigenvalue weighted by molar-refractivity contribution is 6.02. The molecule has 19 heavy (non-hydrogen) atoms. The number of ether oxygens (including phenoxy) is 2. The SMILES string of the molecule is CC1Cc2c(OC(=O)OC(C)(C)C)cccc2C1=O. The Hall–Kier alpha value is -1.84. The maximum Gasteiger partial charge on any atom is 0.514 e. The fraction of sp³-hybridized carbons (Fsp3) is 0.467. The average molecular weight is 262 g/mol. The molecule has 1 aromatic rings. The fourth-order valence-electron chi connectivity index (χ4n) is 2.13. The summed E-state index contributed by atoms with van der Waals surface area (Å²) in [5, 5.41) is 0. The average Bonchev–Trinajstić information content (AvgIpc) is 2.54. The Kier molecular flexibility index (Phi) is 3.35. The Morgan fingerprint density at radius 3 is 2.63 bits per heavy atom. The number of benzene rings is 1. The third kappa shape index (κ3) is 2.95. The van der Waals surface area contributed by atoms with E-state index in [0.29, 0.717) is 17.7 Å². The first kappa shape index (κ1) is 13.6. The molecule has 4 heteroatoms. The van der Waals surface area contributed by atoms with Crippen molar-refractivity contribution < 1.29 is 19.1 Å².